The van der Waals surface area contributed by atoms with Crippen molar-refractivity contribution in [3.63, 3.8) is 0 Å². The smallest absolute Gasteiger partial charge is 0.269 e. The molecule has 0 saturated carbocycles. The van der Waals surface area contributed by atoms with Crippen LogP contribution in [-0.4, -0.2) is 21.8 Å². The largest absolute Gasteiger partial charge is 0.410 e. The summed E-state index contributed by atoms with van der Waals surface area (Å²) in [7, 11) is 0. The van der Waals surface area contributed by atoms with E-state index in [-0.39, 0.29) is 5.71 Å². The summed E-state index contributed by atoms with van der Waals surface area (Å²) in [5.74, 6) is -0.392. The number of rotatable bonds is 3. The van der Waals surface area contributed by atoms with Crippen LogP contribution >= 0.6 is 0 Å². The summed E-state index contributed by atoms with van der Waals surface area (Å²) < 4.78 is 0. The van der Waals surface area contributed by atoms with Gasteiger partial charge in [0.1, 0.15) is 5.71 Å². The van der Waals surface area contributed by atoms with E-state index in [1.165, 1.54) is 6.92 Å². The van der Waals surface area contributed by atoms with Crippen LogP contribution in [0, 0.1) is 0 Å². The predicted octanol–water partition coefficient (Wildman–Crippen LogP) is 0.548. The lowest BCUT2D eigenvalue weighted by Crippen LogP contribution is -2.28. The van der Waals surface area contributed by atoms with Gasteiger partial charge in [-0.2, -0.15) is 0 Å². The maximum Gasteiger partial charge on any atom is 0.269 e. The molecule has 1 heterocycles. The molecular formula is C9H11N3O2. The van der Waals surface area contributed by atoms with Crippen molar-refractivity contribution < 1.29 is 10.0 Å². The fraction of sp³-hybridized carbons (Fsp3) is 0.222. The highest BCUT2D eigenvalue weighted by Crippen LogP contribution is 1.94. The van der Waals surface area contributed by atoms with Gasteiger partial charge in [0.15, 0.2) is 0 Å². The Labute approximate surface area is 81.5 Å². The number of oxime groups is 1. The monoisotopic (exact) mass is 193 g/mol. The molecule has 1 aromatic heterocycles. The van der Waals surface area contributed by atoms with E-state index in [4.69, 9.17) is 5.21 Å². The average Bonchev–Trinajstić information content (AvgIpc) is 2.26. The number of aromatic nitrogens is 1. The highest BCUT2D eigenvalue weighted by Gasteiger charge is 2.04. The molecule has 14 heavy (non-hydrogen) atoms. The van der Waals surface area contributed by atoms with E-state index >= 15 is 0 Å². The third kappa shape index (κ3) is 2.85. The van der Waals surface area contributed by atoms with Crippen LogP contribution < -0.4 is 5.32 Å². The average molecular weight is 193 g/mol. The van der Waals surface area contributed by atoms with Crippen molar-refractivity contribution in [1.82, 2.24) is 10.3 Å². The van der Waals surface area contributed by atoms with E-state index in [0.29, 0.717) is 6.54 Å². The lowest BCUT2D eigenvalue weighted by molar-refractivity contribution is -0.115. The Kier molecular flexibility index (Phi) is 3.60. The normalized spacial score (nSPS) is 11.1. The van der Waals surface area contributed by atoms with Crippen molar-refractivity contribution in [3.05, 3.63) is 30.1 Å². The lowest BCUT2D eigenvalue weighted by atomic mass is 10.3. The summed E-state index contributed by atoms with van der Waals surface area (Å²) in [5, 5.41) is 13.7. The van der Waals surface area contributed by atoms with E-state index in [1.807, 2.05) is 6.07 Å². The number of hydrogen-bond acceptors (Lipinski definition) is 4. The van der Waals surface area contributed by atoms with E-state index in [0.717, 1.165) is 5.56 Å². The first-order chi connectivity index (χ1) is 6.74. The lowest BCUT2D eigenvalue weighted by Gasteiger charge is -2.02. The number of hydrogen-bond donors (Lipinski definition) is 2. The molecule has 74 valence electrons. The van der Waals surface area contributed by atoms with Crippen LogP contribution in [0.15, 0.2) is 29.7 Å². The number of carbonyl (C=O) groups is 1. The molecule has 1 rings (SSSR count). The first-order valence-electron chi connectivity index (χ1n) is 4.10. The first-order valence-corrected chi connectivity index (χ1v) is 4.10. The van der Waals surface area contributed by atoms with Gasteiger partial charge in [0.2, 0.25) is 0 Å². The second-order valence-corrected chi connectivity index (χ2v) is 2.73. The third-order valence-electron chi connectivity index (χ3n) is 1.65. The summed E-state index contributed by atoms with van der Waals surface area (Å²) in [5.41, 5.74) is 0.931. The fourth-order valence-electron chi connectivity index (χ4n) is 0.858. The minimum atomic E-state index is -0.392. The Balaban J connectivity index is 2.46. The van der Waals surface area contributed by atoms with Crippen LogP contribution in [0.2, 0.25) is 0 Å². The van der Waals surface area contributed by atoms with E-state index < -0.39 is 5.91 Å². The predicted molar refractivity (Wildman–Crippen MR) is 51.0 cm³/mol. The van der Waals surface area contributed by atoms with Crippen molar-refractivity contribution in [3.8, 4) is 0 Å². The fourth-order valence-corrected chi connectivity index (χ4v) is 0.858. The molecule has 0 spiro atoms. The Morgan fingerprint density at radius 3 is 3.07 bits per heavy atom. The van der Waals surface area contributed by atoms with Gasteiger partial charge < -0.3 is 10.5 Å². The van der Waals surface area contributed by atoms with Gasteiger partial charge in [0, 0.05) is 18.9 Å². The Bertz CT molecular complexity index is 335. The summed E-state index contributed by atoms with van der Waals surface area (Å²) >= 11 is 0. The molecule has 0 radical (unpaired) electrons. The van der Waals surface area contributed by atoms with Gasteiger partial charge in [-0.25, -0.2) is 0 Å². The maximum absolute atomic E-state index is 11.1. The molecule has 1 amide bonds. The van der Waals surface area contributed by atoms with Crippen LogP contribution in [0.25, 0.3) is 0 Å². The van der Waals surface area contributed by atoms with Crippen molar-refractivity contribution in [2.75, 3.05) is 0 Å². The minimum Gasteiger partial charge on any atom is -0.410 e. The highest BCUT2D eigenvalue weighted by molar-refractivity contribution is 6.37. The van der Waals surface area contributed by atoms with Gasteiger partial charge in [0.05, 0.1) is 0 Å². The summed E-state index contributed by atoms with van der Waals surface area (Å²) in [4.78, 5) is 15.0. The van der Waals surface area contributed by atoms with Crippen LogP contribution in [0.3, 0.4) is 0 Å². The summed E-state index contributed by atoms with van der Waals surface area (Å²) in [6, 6.07) is 3.63. The molecule has 0 unspecified atom stereocenters. The first kappa shape index (κ1) is 10.2. The molecule has 0 saturated heterocycles. The van der Waals surface area contributed by atoms with Crippen molar-refractivity contribution in [2.45, 2.75) is 13.5 Å². The van der Waals surface area contributed by atoms with E-state index in [2.05, 4.69) is 15.5 Å². The van der Waals surface area contributed by atoms with Gasteiger partial charge in [-0.05, 0) is 18.6 Å². The molecule has 5 heteroatoms. The molecular weight excluding hydrogens is 182 g/mol. The minimum absolute atomic E-state index is 0.0360. The van der Waals surface area contributed by atoms with E-state index in [1.54, 1.807) is 18.5 Å². The third-order valence-corrected chi connectivity index (χ3v) is 1.65. The van der Waals surface area contributed by atoms with Crippen LogP contribution in [0.1, 0.15) is 12.5 Å². The topological polar surface area (TPSA) is 74.6 Å². The van der Waals surface area contributed by atoms with Gasteiger partial charge in [-0.3, -0.25) is 9.78 Å². The van der Waals surface area contributed by atoms with Crippen LogP contribution in [0.5, 0.6) is 0 Å². The second-order valence-electron chi connectivity index (χ2n) is 2.73. The van der Waals surface area contributed by atoms with Gasteiger partial charge in [0.25, 0.3) is 5.91 Å². The molecule has 0 fully saturated rings. The Morgan fingerprint density at radius 2 is 2.50 bits per heavy atom. The van der Waals surface area contributed by atoms with Crippen molar-refractivity contribution >= 4 is 11.6 Å². The maximum atomic E-state index is 11.1. The summed E-state index contributed by atoms with van der Waals surface area (Å²) in [6.07, 6.45) is 3.32. The molecule has 0 aliphatic heterocycles. The standard InChI is InChI=1S/C9H11N3O2/c1-7(12-14)9(13)11-6-8-3-2-4-10-5-8/h2-5,14H,6H2,1H3,(H,11,13)/b12-7+. The van der Waals surface area contributed by atoms with E-state index in [9.17, 15) is 4.79 Å². The van der Waals surface area contributed by atoms with Crippen LogP contribution in [0.4, 0.5) is 0 Å². The quantitative estimate of drug-likeness (QED) is 0.418. The molecule has 0 aliphatic rings. The van der Waals surface area contributed by atoms with Gasteiger partial charge >= 0.3 is 0 Å². The SMILES string of the molecule is C/C(=N\O)C(=O)NCc1cccnc1. The molecule has 2 N–H and O–H groups in total. The molecule has 0 aromatic carbocycles. The van der Waals surface area contributed by atoms with Crippen molar-refractivity contribution in [1.29, 1.82) is 0 Å². The number of nitrogens with one attached hydrogen (secondary N) is 1. The number of nitrogens with zero attached hydrogens (tertiary/aromatic N) is 2. The van der Waals surface area contributed by atoms with Gasteiger partial charge in [-0.15, -0.1) is 0 Å². The summed E-state index contributed by atoms with van der Waals surface area (Å²) in [6.45, 7) is 1.80. The number of pyridine rings is 1. The molecule has 0 atom stereocenters. The zero-order valence-electron chi connectivity index (χ0n) is 7.77. The Hall–Kier alpha value is -1.91. The molecule has 5 nitrogen and oxygen atoms in total. The number of amides is 1. The van der Waals surface area contributed by atoms with Crippen molar-refractivity contribution in [2.24, 2.45) is 5.16 Å². The zero-order valence-corrected chi connectivity index (χ0v) is 7.77. The molecule has 1 aromatic rings. The highest BCUT2D eigenvalue weighted by atomic mass is 16.4. The zero-order chi connectivity index (χ0) is 10.4. The molecule has 0 bridgehead atoms. The molecule has 0 aliphatic carbocycles. The second kappa shape index (κ2) is 4.96. The van der Waals surface area contributed by atoms with Gasteiger partial charge in [-0.1, -0.05) is 11.2 Å². The Morgan fingerprint density at radius 1 is 1.71 bits per heavy atom. The number of carbonyl (C=O) groups excluding carboxylic acids is 1. The van der Waals surface area contributed by atoms with Crippen LogP contribution in [-0.2, 0) is 11.3 Å².